The van der Waals surface area contributed by atoms with Gasteiger partial charge in [0.25, 0.3) is 0 Å². The minimum atomic E-state index is -2.52. The monoisotopic (exact) mass is 188 g/mol. The van der Waals surface area contributed by atoms with Gasteiger partial charge in [0.1, 0.15) is 12.6 Å². The predicted octanol–water partition coefficient (Wildman–Crippen LogP) is -0.362. The van der Waals surface area contributed by atoms with Crippen LogP contribution in [-0.4, -0.2) is 31.6 Å². The molecule has 0 aliphatic heterocycles. The van der Waals surface area contributed by atoms with Crippen LogP contribution >= 0.6 is 0 Å². The van der Waals surface area contributed by atoms with Crippen molar-refractivity contribution in [2.75, 3.05) is 13.5 Å². The number of esters is 1. The fraction of sp³-hybridized carbons (Fsp3) is 0.500. The fourth-order valence-electron chi connectivity index (χ4n) is 0.499. The molecule has 74 valence electrons. The Morgan fingerprint density at radius 2 is 2.69 bits per heavy atom. The smallest absolute Gasteiger partial charge is 0.325 e. The van der Waals surface area contributed by atoms with E-state index in [0.29, 0.717) is 0 Å². The van der Waals surface area contributed by atoms with E-state index in [2.05, 4.69) is 16.9 Å². The highest BCUT2D eigenvalue weighted by molar-refractivity contribution is 5.82. The summed E-state index contributed by atoms with van der Waals surface area (Å²) in [5.41, 5.74) is 5.22. The van der Waals surface area contributed by atoms with E-state index >= 15 is 0 Å². The second-order valence-corrected chi connectivity index (χ2v) is 2.28. The van der Waals surface area contributed by atoms with Crippen LogP contribution in [0.1, 0.15) is 11.0 Å². The van der Waals surface area contributed by atoms with Crippen LogP contribution in [0.5, 0.6) is 0 Å². The van der Waals surface area contributed by atoms with Crippen LogP contribution < -0.4 is 11.1 Å². The summed E-state index contributed by atoms with van der Waals surface area (Å²) in [4.78, 5) is 14.2. The highest BCUT2D eigenvalue weighted by atomic mass is 16.5. The first kappa shape index (κ1) is 6.94. The van der Waals surface area contributed by atoms with Gasteiger partial charge in [-0.3, -0.25) is 9.79 Å². The number of hydrogen-bond acceptors (Lipinski definition) is 3. The number of rotatable bonds is 4. The molecule has 3 N–H and O–H groups in total. The maximum atomic E-state index is 11.1. The second-order valence-electron chi connectivity index (χ2n) is 2.28. The molecule has 1 unspecified atom stereocenters. The van der Waals surface area contributed by atoms with Crippen LogP contribution in [-0.2, 0) is 9.53 Å². The number of guanidine groups is 1. The largest absolute Gasteiger partial charge is 0.457 e. The van der Waals surface area contributed by atoms with Gasteiger partial charge in [0, 0.05) is 11.1 Å². The van der Waals surface area contributed by atoms with Crippen molar-refractivity contribution < 1.29 is 13.6 Å². The molecule has 13 heavy (non-hydrogen) atoms. The van der Waals surface area contributed by atoms with Gasteiger partial charge >= 0.3 is 5.97 Å². The molecule has 0 amide bonds. The molecule has 0 heterocycles. The number of aliphatic imine (C=N–C) groups is 1. The van der Waals surface area contributed by atoms with E-state index in [9.17, 15) is 4.79 Å². The number of carbonyl (C=O) groups is 1. The van der Waals surface area contributed by atoms with E-state index < -0.39 is 19.0 Å². The Balaban J connectivity index is 4.02. The molecular weight excluding hydrogens is 170 g/mol. The van der Waals surface area contributed by atoms with E-state index in [1.54, 1.807) is 6.92 Å². The van der Waals surface area contributed by atoms with Gasteiger partial charge in [-0.25, -0.2) is 0 Å². The van der Waals surface area contributed by atoms with Gasteiger partial charge in [-0.2, -0.15) is 0 Å². The summed E-state index contributed by atoms with van der Waals surface area (Å²) in [5.74, 6) is -0.903. The van der Waals surface area contributed by atoms with Crippen molar-refractivity contribution >= 4 is 11.9 Å². The molecule has 0 rings (SSSR count). The van der Waals surface area contributed by atoms with Gasteiger partial charge in [-0.1, -0.05) is 12.7 Å². The SMILES string of the molecule is [2H]C([2H])([2H])N=C(N)NCC(=O)OC(C)C=C. The number of carbonyl (C=O) groups excluding carboxylic acids is 1. The Morgan fingerprint density at radius 3 is 3.23 bits per heavy atom. The first-order valence-corrected chi connectivity index (χ1v) is 3.66. The summed E-state index contributed by atoms with van der Waals surface area (Å²) in [6.07, 6.45) is 1.05. The van der Waals surface area contributed by atoms with Crippen molar-refractivity contribution in [2.24, 2.45) is 10.7 Å². The van der Waals surface area contributed by atoms with Gasteiger partial charge < -0.3 is 15.8 Å². The molecule has 0 saturated carbocycles. The summed E-state index contributed by atoms with van der Waals surface area (Å²) in [6.45, 7) is 2.32. The molecule has 0 aromatic heterocycles. The van der Waals surface area contributed by atoms with Crippen LogP contribution in [0.2, 0.25) is 0 Å². The van der Waals surface area contributed by atoms with Crippen LogP contribution in [0.4, 0.5) is 0 Å². The molecule has 0 saturated heterocycles. The Bertz CT molecular complexity index is 289. The molecule has 0 bridgehead atoms. The number of hydrogen-bond donors (Lipinski definition) is 2. The van der Waals surface area contributed by atoms with Gasteiger partial charge in [-0.05, 0) is 6.92 Å². The molecule has 5 heteroatoms. The molecule has 0 radical (unpaired) electrons. The van der Waals surface area contributed by atoms with Crippen molar-refractivity contribution in [3.63, 3.8) is 0 Å². The Labute approximate surface area is 81.9 Å². The lowest BCUT2D eigenvalue weighted by Crippen LogP contribution is -2.36. The average Bonchev–Trinajstić information content (AvgIpc) is 2.12. The predicted molar refractivity (Wildman–Crippen MR) is 51.3 cm³/mol. The van der Waals surface area contributed by atoms with Crippen molar-refractivity contribution in [3.05, 3.63) is 12.7 Å². The molecule has 0 aromatic carbocycles. The molecule has 0 aliphatic carbocycles. The third-order valence-electron chi connectivity index (χ3n) is 1.18. The van der Waals surface area contributed by atoms with Crippen molar-refractivity contribution in [1.82, 2.24) is 5.32 Å². The van der Waals surface area contributed by atoms with Crippen molar-refractivity contribution in [3.8, 4) is 0 Å². The normalized spacial score (nSPS) is 17.6. The Morgan fingerprint density at radius 1 is 2.00 bits per heavy atom. The van der Waals surface area contributed by atoms with Crippen LogP contribution in [0.3, 0.4) is 0 Å². The highest BCUT2D eigenvalue weighted by Crippen LogP contribution is 1.90. The van der Waals surface area contributed by atoms with Crippen molar-refractivity contribution in [2.45, 2.75) is 13.0 Å². The van der Waals surface area contributed by atoms with Crippen molar-refractivity contribution in [1.29, 1.82) is 0 Å². The first-order chi connectivity index (χ1) is 7.24. The summed E-state index contributed by atoms with van der Waals surface area (Å²) >= 11 is 0. The maximum absolute atomic E-state index is 11.1. The number of nitrogens with zero attached hydrogens (tertiary/aromatic N) is 1. The third-order valence-corrected chi connectivity index (χ3v) is 1.18. The highest BCUT2D eigenvalue weighted by Gasteiger charge is 2.05. The molecule has 5 nitrogen and oxygen atoms in total. The number of ether oxygens (including phenoxy) is 1. The number of nitrogens with two attached hydrogens (primary N) is 1. The van der Waals surface area contributed by atoms with Gasteiger partial charge in [0.15, 0.2) is 5.96 Å². The van der Waals surface area contributed by atoms with Crippen LogP contribution in [0.15, 0.2) is 17.6 Å². The van der Waals surface area contributed by atoms with Gasteiger partial charge in [0.2, 0.25) is 0 Å². The lowest BCUT2D eigenvalue weighted by molar-refractivity contribution is -0.144. The maximum Gasteiger partial charge on any atom is 0.325 e. The molecule has 0 fully saturated rings. The summed E-state index contributed by atoms with van der Waals surface area (Å²) in [6, 6.07) is 0. The molecular formula is C8H15N3O2. The zero-order chi connectivity index (χ0) is 12.8. The molecule has 0 spiro atoms. The van der Waals surface area contributed by atoms with Crippen LogP contribution in [0.25, 0.3) is 0 Å². The zero-order valence-electron chi connectivity index (χ0n) is 10.4. The Kier molecular flexibility index (Phi) is 3.23. The van der Waals surface area contributed by atoms with E-state index in [4.69, 9.17) is 14.6 Å². The first-order valence-electron chi connectivity index (χ1n) is 5.16. The third kappa shape index (κ3) is 5.72. The quantitative estimate of drug-likeness (QED) is 0.273. The summed E-state index contributed by atoms with van der Waals surface area (Å²) < 4.78 is 25.2. The van der Waals surface area contributed by atoms with Crippen LogP contribution in [0, 0.1) is 0 Å². The second kappa shape index (κ2) is 6.05. The van der Waals surface area contributed by atoms with E-state index in [1.807, 2.05) is 0 Å². The lowest BCUT2D eigenvalue weighted by atomic mass is 10.4. The average molecular weight is 188 g/mol. The standard InChI is InChI=1S/C8H15N3O2/c1-4-6(2)13-7(12)5-11-8(9)10-3/h4,6H,1,5H2,2-3H3,(H3,9,10,11)/i3D3. The minimum absolute atomic E-state index is 0.246. The summed E-state index contributed by atoms with van der Waals surface area (Å²) in [5, 5.41) is 2.33. The minimum Gasteiger partial charge on any atom is -0.457 e. The molecule has 0 aliphatic rings. The van der Waals surface area contributed by atoms with E-state index in [0.717, 1.165) is 0 Å². The lowest BCUT2D eigenvalue weighted by Gasteiger charge is -2.09. The Hall–Kier alpha value is -1.52. The van der Waals surface area contributed by atoms with E-state index in [1.165, 1.54) is 6.08 Å². The van der Waals surface area contributed by atoms with Gasteiger partial charge in [-0.15, -0.1) is 0 Å². The molecule has 0 aromatic rings. The number of nitrogens with one attached hydrogen (secondary N) is 1. The zero-order valence-corrected chi connectivity index (χ0v) is 7.41. The molecule has 1 atom stereocenters. The van der Waals surface area contributed by atoms with Gasteiger partial charge in [0.05, 0.1) is 0 Å². The van der Waals surface area contributed by atoms with E-state index in [-0.39, 0.29) is 12.5 Å². The summed E-state index contributed by atoms with van der Waals surface area (Å²) in [7, 11) is 0. The fourth-order valence-corrected chi connectivity index (χ4v) is 0.499. The topological polar surface area (TPSA) is 76.7 Å².